The van der Waals surface area contributed by atoms with Crippen molar-refractivity contribution < 1.29 is 78.0 Å². The number of carboxylic acid groups (broad SMARTS) is 4. The van der Waals surface area contributed by atoms with Gasteiger partial charge in [0.25, 0.3) is 0 Å². The first-order chi connectivity index (χ1) is 40.1. The van der Waals surface area contributed by atoms with E-state index in [1.807, 2.05) is 52.0 Å². The molecular weight excluding hydrogens is 1200 g/mol. The highest BCUT2D eigenvalue weighted by Crippen LogP contribution is 2.24. The Bertz CT molecular complexity index is 2650. The molecule has 0 fully saturated rings. The molecule has 2 aromatic rings. The quantitative estimate of drug-likeness (QED) is 0.0415. The van der Waals surface area contributed by atoms with Crippen LogP contribution in [0.15, 0.2) is 48.5 Å². The minimum Gasteiger partial charge on any atom is -0.481 e. The number of rotatable bonds is 38. The summed E-state index contributed by atoms with van der Waals surface area (Å²) in [5.74, 6) is -9.76. The highest BCUT2D eigenvalue weighted by molar-refractivity contribution is 7.80. The maximum Gasteiger partial charge on any atom is 0.309 e. The number of thiol groups is 2. The average molecular weight is 1290 g/mol. The minimum absolute atomic E-state index is 0.00855. The number of carboxylic acids is 4. The summed E-state index contributed by atoms with van der Waals surface area (Å²) in [7, 11) is 0. The summed E-state index contributed by atoms with van der Waals surface area (Å²) >= 11 is 20.7. The molecule has 6 atom stereocenters. The van der Waals surface area contributed by atoms with Crippen LogP contribution in [0.5, 0.6) is 0 Å². The smallest absolute Gasteiger partial charge is 0.309 e. The summed E-state index contributed by atoms with van der Waals surface area (Å²) in [4.78, 5) is 149. The Balaban J connectivity index is 0.000000860. The molecule has 0 aliphatic carbocycles. The molecule has 0 saturated carbocycles. The fraction of sp³-hybridized carbons (Fsp3) is 0.586. The maximum absolute atomic E-state index is 13.3. The van der Waals surface area contributed by atoms with Crippen molar-refractivity contribution >= 4 is 120 Å². The first-order valence-electron chi connectivity index (χ1n) is 28.1. The van der Waals surface area contributed by atoms with Crippen molar-refractivity contribution in [2.24, 2.45) is 22.7 Å². The Hall–Kier alpha value is -6.64. The number of benzene rings is 2. The molecule has 480 valence electrons. The van der Waals surface area contributed by atoms with Crippen LogP contribution in [0, 0.1) is 22.7 Å². The van der Waals surface area contributed by atoms with Crippen LogP contribution in [0.25, 0.3) is 0 Å². The molecule has 0 spiro atoms. The highest BCUT2D eigenvalue weighted by atomic mass is 35.5. The van der Waals surface area contributed by atoms with Crippen molar-refractivity contribution in [2.45, 2.75) is 169 Å². The molecule has 86 heavy (non-hydrogen) atoms. The molecule has 0 radical (unpaired) electrons. The standard InChI is InChI=1S/2C29H43ClN4O8S/c1-17(2)15-21(27(40)34-22(16-43)25(38)31-14-12-18-7-5-6-8-19(18)30)33-26(39)20(9-10-24(36)37)32-23(35)11-13-29(3,4)28(41)42;1-17(2)15-21(27(41)33-22(16-43)25(39)31-14-12-18-7-5-6-8-19(18)30)32-26(40)20(9-10-23(35)36)34-28(42)29(3,4)13-11-24(37)38/h5-8,17,20-22,43H,9-16H2,1-4H3,(H,31,38)(H,32,35)(H,33,39)(H,34,40)(H,36,37)(H,41,42);5-8,17,20-22,43H,9-16H2,1-4H3,(H,31,39)(H,32,40)(H,33,41)(H,34,42)(H,35,36)(H,37,38)/t2*20-,21-,22-/m00/s1. The number of amides is 8. The van der Waals surface area contributed by atoms with Gasteiger partial charge in [-0.3, -0.25) is 57.5 Å². The Labute approximate surface area is 523 Å². The molecule has 2 aromatic carbocycles. The number of carbonyl (C=O) groups is 12. The summed E-state index contributed by atoms with van der Waals surface area (Å²) in [5, 5.41) is 58.6. The molecule has 0 aliphatic heterocycles. The SMILES string of the molecule is CC(C)C[C@H](NC(=O)[C@H](CCC(=O)O)NC(=O)C(C)(C)CCC(=O)O)C(=O)N[C@@H](CS)C(=O)NCCc1ccccc1Cl.CC(C)C[C@H](NC(=O)[C@H](CCC(=O)O)NC(=O)CCC(C)(C)C(=O)O)C(=O)N[C@@H](CS)C(=O)NCCc1ccccc1Cl. The van der Waals surface area contributed by atoms with Crippen molar-refractivity contribution in [3.8, 4) is 0 Å². The second-order valence-corrected chi connectivity index (χ2v) is 24.2. The average Bonchev–Trinajstić information content (AvgIpc) is 3.38. The van der Waals surface area contributed by atoms with E-state index in [4.69, 9.17) is 38.5 Å². The molecular formula is C58H86Cl2N8O16S2. The van der Waals surface area contributed by atoms with E-state index in [1.54, 1.807) is 24.3 Å². The molecule has 12 N–H and O–H groups in total. The zero-order valence-electron chi connectivity index (χ0n) is 49.9. The number of halogens is 2. The summed E-state index contributed by atoms with van der Waals surface area (Å²) in [6.45, 7) is 13.8. The van der Waals surface area contributed by atoms with Gasteiger partial charge in [0.05, 0.1) is 5.41 Å². The van der Waals surface area contributed by atoms with E-state index >= 15 is 0 Å². The summed E-state index contributed by atoms with van der Waals surface area (Å²) in [5.41, 5.74) is -0.634. The van der Waals surface area contributed by atoms with Gasteiger partial charge in [0.15, 0.2) is 0 Å². The normalized spacial score (nSPS) is 13.4. The number of hydrogen-bond acceptors (Lipinski definition) is 14. The Morgan fingerprint density at radius 1 is 0.453 bits per heavy atom. The van der Waals surface area contributed by atoms with Gasteiger partial charge in [0.1, 0.15) is 36.3 Å². The number of hydrogen-bond donors (Lipinski definition) is 14. The third-order valence-electron chi connectivity index (χ3n) is 13.3. The lowest BCUT2D eigenvalue weighted by Crippen LogP contribution is -2.58. The van der Waals surface area contributed by atoms with E-state index in [1.165, 1.54) is 27.7 Å². The molecule has 2 rings (SSSR count). The van der Waals surface area contributed by atoms with Crippen molar-refractivity contribution in [3.63, 3.8) is 0 Å². The Morgan fingerprint density at radius 2 is 0.802 bits per heavy atom. The van der Waals surface area contributed by atoms with Crippen LogP contribution in [-0.4, -0.2) is 152 Å². The van der Waals surface area contributed by atoms with Crippen LogP contribution in [0.2, 0.25) is 10.0 Å². The van der Waals surface area contributed by atoms with Crippen LogP contribution >= 0.6 is 48.5 Å². The lowest BCUT2D eigenvalue weighted by atomic mass is 9.86. The second kappa shape index (κ2) is 39.2. The van der Waals surface area contributed by atoms with E-state index in [2.05, 4.69) is 67.8 Å². The number of nitrogens with one attached hydrogen (secondary N) is 8. The number of aliphatic carboxylic acids is 4. The zero-order valence-corrected chi connectivity index (χ0v) is 53.2. The van der Waals surface area contributed by atoms with Crippen molar-refractivity contribution in [1.82, 2.24) is 42.5 Å². The van der Waals surface area contributed by atoms with Crippen molar-refractivity contribution in [3.05, 3.63) is 69.7 Å². The van der Waals surface area contributed by atoms with Crippen molar-refractivity contribution in [2.75, 3.05) is 24.6 Å². The molecule has 24 nitrogen and oxygen atoms in total. The van der Waals surface area contributed by atoms with Gasteiger partial charge in [0.2, 0.25) is 47.3 Å². The molecule has 0 heterocycles. The summed E-state index contributed by atoms with van der Waals surface area (Å²) in [6.07, 6.45) is -0.555. The van der Waals surface area contributed by atoms with Gasteiger partial charge in [0, 0.05) is 65.7 Å². The fourth-order valence-electron chi connectivity index (χ4n) is 7.93. The largest absolute Gasteiger partial charge is 0.481 e. The lowest BCUT2D eigenvalue weighted by Gasteiger charge is -2.28. The van der Waals surface area contributed by atoms with Crippen LogP contribution in [0.3, 0.4) is 0 Å². The predicted octanol–water partition coefficient (Wildman–Crippen LogP) is 4.37. The van der Waals surface area contributed by atoms with Gasteiger partial charge in [-0.15, -0.1) is 0 Å². The van der Waals surface area contributed by atoms with E-state index in [0.29, 0.717) is 22.9 Å². The predicted molar refractivity (Wildman–Crippen MR) is 330 cm³/mol. The van der Waals surface area contributed by atoms with Crippen LogP contribution in [0.4, 0.5) is 0 Å². The molecule has 0 bridgehead atoms. The first-order valence-corrected chi connectivity index (χ1v) is 30.1. The lowest BCUT2D eigenvalue weighted by molar-refractivity contribution is -0.148. The third-order valence-corrected chi connectivity index (χ3v) is 14.8. The highest BCUT2D eigenvalue weighted by Gasteiger charge is 2.36. The summed E-state index contributed by atoms with van der Waals surface area (Å²) < 4.78 is 0. The van der Waals surface area contributed by atoms with Gasteiger partial charge in [-0.2, -0.15) is 25.3 Å². The molecule has 28 heteroatoms. The van der Waals surface area contributed by atoms with E-state index < -0.39 is 131 Å². The van der Waals surface area contributed by atoms with Crippen LogP contribution in [0.1, 0.15) is 131 Å². The van der Waals surface area contributed by atoms with Gasteiger partial charge >= 0.3 is 23.9 Å². The number of carbonyl (C=O) groups excluding carboxylic acids is 8. The molecule has 0 aromatic heterocycles. The monoisotopic (exact) mass is 1280 g/mol. The van der Waals surface area contributed by atoms with Crippen LogP contribution < -0.4 is 42.5 Å². The fourth-order valence-corrected chi connectivity index (χ4v) is 8.91. The second-order valence-electron chi connectivity index (χ2n) is 22.6. The molecule has 0 unspecified atom stereocenters. The van der Waals surface area contributed by atoms with Crippen LogP contribution in [-0.2, 0) is 70.4 Å². The molecule has 8 amide bonds. The van der Waals surface area contributed by atoms with E-state index in [-0.39, 0.29) is 87.8 Å². The van der Waals surface area contributed by atoms with Crippen molar-refractivity contribution in [1.29, 1.82) is 0 Å². The Kier molecular flexibility index (Phi) is 35.3. The molecule has 0 aliphatic rings. The maximum atomic E-state index is 13.3. The third kappa shape index (κ3) is 30.6. The van der Waals surface area contributed by atoms with Gasteiger partial charge in [-0.25, -0.2) is 0 Å². The minimum atomic E-state index is -1.30. The summed E-state index contributed by atoms with van der Waals surface area (Å²) in [6, 6.07) is 7.65. The van der Waals surface area contributed by atoms with Gasteiger partial charge in [-0.1, -0.05) is 101 Å². The van der Waals surface area contributed by atoms with E-state index in [9.17, 15) is 62.6 Å². The molecule has 0 saturated heterocycles. The zero-order chi connectivity index (χ0) is 65.5. The van der Waals surface area contributed by atoms with E-state index in [0.717, 1.165) is 11.1 Å². The Morgan fingerprint density at radius 3 is 1.15 bits per heavy atom. The first kappa shape index (κ1) is 77.4. The van der Waals surface area contributed by atoms with Gasteiger partial charge < -0.3 is 63.0 Å². The van der Waals surface area contributed by atoms with Gasteiger partial charge in [-0.05, 0) is 100 Å². The topological polar surface area (TPSA) is 382 Å².